The highest BCUT2D eigenvalue weighted by Crippen LogP contribution is 2.33. The van der Waals surface area contributed by atoms with E-state index < -0.39 is 42.9 Å². The number of rotatable bonds is 10. The number of halogens is 6. The van der Waals surface area contributed by atoms with Crippen molar-refractivity contribution in [1.29, 1.82) is 0 Å². The maximum atomic E-state index is 12.6. The Balaban J connectivity index is 2.06. The number of hydrogen-bond donors (Lipinski definition) is 2. The summed E-state index contributed by atoms with van der Waals surface area (Å²) in [4.78, 5) is 12.2. The number of ether oxygens (including phenoxy) is 2. The number of amides is 1. The topological polar surface area (TPSA) is 59.6 Å². The molecule has 0 bridgehead atoms. The minimum Gasteiger partial charge on any atom is -0.435 e. The molecule has 5 nitrogen and oxygen atoms in total. The van der Waals surface area contributed by atoms with Crippen molar-refractivity contribution in [1.82, 2.24) is 0 Å². The Labute approximate surface area is 165 Å². The maximum absolute atomic E-state index is 12.6. The molecule has 0 aliphatic rings. The SMILES string of the molecule is O=C(CNc1ccc(OC(F)F)cc1OC(F)F)Nc1ccccc1SC(F)F. The highest BCUT2D eigenvalue weighted by atomic mass is 32.2. The smallest absolute Gasteiger partial charge is 0.387 e. The van der Waals surface area contributed by atoms with Crippen LogP contribution in [0.15, 0.2) is 47.4 Å². The Kier molecular flexibility index (Phi) is 8.31. The number of hydrogen-bond acceptors (Lipinski definition) is 5. The molecule has 2 N–H and O–H groups in total. The minimum absolute atomic E-state index is 0.0858. The Bertz CT molecular complexity index is 826. The predicted molar refractivity (Wildman–Crippen MR) is 95.1 cm³/mol. The summed E-state index contributed by atoms with van der Waals surface area (Å²) in [6, 6.07) is 8.88. The lowest BCUT2D eigenvalue weighted by atomic mass is 10.2. The first-order chi connectivity index (χ1) is 13.7. The number of anilines is 2. The van der Waals surface area contributed by atoms with E-state index in [2.05, 4.69) is 20.1 Å². The molecule has 2 aromatic carbocycles. The van der Waals surface area contributed by atoms with Crippen molar-refractivity contribution in [3.05, 3.63) is 42.5 Å². The van der Waals surface area contributed by atoms with Gasteiger partial charge in [0.15, 0.2) is 5.75 Å². The molecular formula is C17H14F6N2O3S. The first-order valence-corrected chi connectivity index (χ1v) is 8.74. The van der Waals surface area contributed by atoms with Crippen molar-refractivity contribution in [3.63, 3.8) is 0 Å². The van der Waals surface area contributed by atoms with Crippen LogP contribution in [0.2, 0.25) is 0 Å². The minimum atomic E-state index is -3.25. The van der Waals surface area contributed by atoms with Gasteiger partial charge in [-0.1, -0.05) is 23.9 Å². The van der Waals surface area contributed by atoms with Crippen LogP contribution in [0.1, 0.15) is 0 Å². The fourth-order valence-electron chi connectivity index (χ4n) is 2.16. The fourth-order valence-corrected chi connectivity index (χ4v) is 2.75. The lowest BCUT2D eigenvalue weighted by Gasteiger charge is -2.15. The van der Waals surface area contributed by atoms with Crippen LogP contribution in [0.4, 0.5) is 37.7 Å². The zero-order valence-electron chi connectivity index (χ0n) is 14.4. The Morgan fingerprint density at radius 1 is 0.931 bits per heavy atom. The Morgan fingerprint density at radius 3 is 2.28 bits per heavy atom. The quantitative estimate of drug-likeness (QED) is 0.390. The summed E-state index contributed by atoms with van der Waals surface area (Å²) in [5.74, 6) is -4.28. The van der Waals surface area contributed by atoms with Crippen molar-refractivity contribution in [2.24, 2.45) is 0 Å². The van der Waals surface area contributed by atoms with Crippen molar-refractivity contribution in [2.75, 3.05) is 17.2 Å². The van der Waals surface area contributed by atoms with Crippen LogP contribution in [-0.4, -0.2) is 31.4 Å². The van der Waals surface area contributed by atoms with E-state index in [9.17, 15) is 31.1 Å². The van der Waals surface area contributed by atoms with Crippen LogP contribution >= 0.6 is 11.8 Å². The number of alkyl halides is 6. The average molecular weight is 440 g/mol. The molecule has 2 rings (SSSR count). The first-order valence-electron chi connectivity index (χ1n) is 7.86. The number of para-hydroxylation sites is 1. The molecule has 2 aromatic rings. The van der Waals surface area contributed by atoms with Crippen molar-refractivity contribution in [2.45, 2.75) is 23.9 Å². The van der Waals surface area contributed by atoms with Gasteiger partial charge in [-0.2, -0.15) is 26.3 Å². The van der Waals surface area contributed by atoms with Gasteiger partial charge in [0.1, 0.15) is 5.75 Å². The lowest BCUT2D eigenvalue weighted by Crippen LogP contribution is -2.22. The summed E-state index contributed by atoms with van der Waals surface area (Å²) >= 11 is 0.250. The Hall–Kier alpha value is -2.76. The third-order valence-corrected chi connectivity index (χ3v) is 4.00. The van der Waals surface area contributed by atoms with Gasteiger partial charge in [0.25, 0.3) is 5.76 Å². The zero-order chi connectivity index (χ0) is 21.4. The maximum Gasteiger partial charge on any atom is 0.387 e. The van der Waals surface area contributed by atoms with Gasteiger partial charge in [-0.15, -0.1) is 0 Å². The number of benzene rings is 2. The number of carbonyl (C=O) groups is 1. The Morgan fingerprint density at radius 2 is 1.62 bits per heavy atom. The summed E-state index contributed by atoms with van der Waals surface area (Å²) in [6.07, 6.45) is 0. The normalized spacial score (nSPS) is 11.1. The number of thioether (sulfide) groups is 1. The number of nitrogens with one attached hydrogen (secondary N) is 2. The molecule has 0 radical (unpaired) electrons. The van der Waals surface area contributed by atoms with Crippen LogP contribution in [0.25, 0.3) is 0 Å². The summed E-state index contributed by atoms with van der Waals surface area (Å²) in [5.41, 5.74) is 0.0617. The second kappa shape index (κ2) is 10.7. The van der Waals surface area contributed by atoms with Crippen LogP contribution in [0.3, 0.4) is 0 Å². The van der Waals surface area contributed by atoms with Crippen molar-refractivity contribution < 1.29 is 40.6 Å². The van der Waals surface area contributed by atoms with E-state index >= 15 is 0 Å². The molecule has 12 heteroatoms. The monoisotopic (exact) mass is 440 g/mol. The second-order valence-electron chi connectivity index (χ2n) is 5.19. The van der Waals surface area contributed by atoms with Crippen LogP contribution < -0.4 is 20.1 Å². The van der Waals surface area contributed by atoms with E-state index in [0.29, 0.717) is 0 Å². The summed E-state index contributed by atoms with van der Waals surface area (Å²) in [6.45, 7) is -6.85. The molecule has 29 heavy (non-hydrogen) atoms. The molecule has 1 amide bonds. The van der Waals surface area contributed by atoms with E-state index in [-0.39, 0.29) is 28.0 Å². The summed E-state index contributed by atoms with van der Waals surface area (Å²) in [5, 5.41) is 4.93. The van der Waals surface area contributed by atoms with Gasteiger partial charge in [0.05, 0.1) is 17.9 Å². The third-order valence-electron chi connectivity index (χ3n) is 3.21. The molecular weight excluding hydrogens is 426 g/mol. The molecule has 0 unspecified atom stereocenters. The molecule has 0 aliphatic heterocycles. The average Bonchev–Trinajstić information content (AvgIpc) is 2.61. The van der Waals surface area contributed by atoms with Gasteiger partial charge in [-0.05, 0) is 24.3 Å². The lowest BCUT2D eigenvalue weighted by molar-refractivity contribution is -0.114. The van der Waals surface area contributed by atoms with E-state index in [1.54, 1.807) is 0 Å². The van der Waals surface area contributed by atoms with E-state index in [1.807, 2.05) is 0 Å². The molecule has 0 fully saturated rings. The van der Waals surface area contributed by atoms with Crippen LogP contribution in [-0.2, 0) is 4.79 Å². The molecule has 0 heterocycles. The molecule has 0 saturated heterocycles. The van der Waals surface area contributed by atoms with Gasteiger partial charge in [-0.25, -0.2) is 0 Å². The van der Waals surface area contributed by atoms with Gasteiger partial charge >= 0.3 is 13.2 Å². The first kappa shape index (κ1) is 22.5. The fraction of sp³-hybridized carbons (Fsp3) is 0.235. The van der Waals surface area contributed by atoms with Crippen LogP contribution in [0.5, 0.6) is 11.5 Å². The molecule has 0 aromatic heterocycles. The van der Waals surface area contributed by atoms with Gasteiger partial charge in [-0.3, -0.25) is 4.79 Å². The van der Waals surface area contributed by atoms with Gasteiger partial charge in [0.2, 0.25) is 5.91 Å². The molecule has 0 aliphatic carbocycles. The van der Waals surface area contributed by atoms with Gasteiger partial charge in [0, 0.05) is 11.0 Å². The second-order valence-corrected chi connectivity index (χ2v) is 6.22. The van der Waals surface area contributed by atoms with Crippen molar-refractivity contribution >= 4 is 29.0 Å². The van der Waals surface area contributed by atoms with Gasteiger partial charge < -0.3 is 20.1 Å². The third kappa shape index (κ3) is 7.64. The van der Waals surface area contributed by atoms with E-state index in [0.717, 1.165) is 18.2 Å². The standard InChI is InChI=1S/C17H14F6N2O3S/c18-15(19)27-9-5-6-10(12(7-9)28-16(20)21)24-8-14(26)25-11-3-1-2-4-13(11)29-17(22)23/h1-7,15-17,24H,8H2,(H,25,26). The summed E-state index contributed by atoms with van der Waals surface area (Å²) < 4.78 is 83.1. The van der Waals surface area contributed by atoms with E-state index in [1.165, 1.54) is 24.3 Å². The molecule has 0 spiro atoms. The molecule has 158 valence electrons. The highest BCUT2D eigenvalue weighted by Gasteiger charge is 2.15. The van der Waals surface area contributed by atoms with E-state index in [4.69, 9.17) is 0 Å². The predicted octanol–water partition coefficient (Wildman–Crippen LogP) is 5.25. The molecule has 0 saturated carbocycles. The highest BCUT2D eigenvalue weighted by molar-refractivity contribution is 7.99. The van der Waals surface area contributed by atoms with Crippen molar-refractivity contribution in [3.8, 4) is 11.5 Å². The molecule has 0 atom stereocenters. The van der Waals surface area contributed by atoms with Crippen LogP contribution in [0, 0.1) is 0 Å². The zero-order valence-corrected chi connectivity index (χ0v) is 15.2. The largest absolute Gasteiger partial charge is 0.435 e. The summed E-state index contributed by atoms with van der Waals surface area (Å²) in [7, 11) is 0. The number of carbonyl (C=O) groups excluding carboxylic acids is 1.